The highest BCUT2D eigenvalue weighted by Crippen LogP contribution is 2.43. The Morgan fingerprint density at radius 1 is 0.971 bits per heavy atom. The number of nitrogens with one attached hydrogen (secondary N) is 1. The van der Waals surface area contributed by atoms with Crippen LogP contribution in [0.1, 0.15) is 34.0 Å². The Morgan fingerprint density at radius 2 is 1.71 bits per heavy atom. The monoisotopic (exact) mass is 465 g/mol. The molecule has 1 fully saturated rings. The molecule has 4 aromatic rings. The number of hydrogen-bond donors (Lipinski definition) is 1. The normalized spacial score (nSPS) is 19.6. The molecule has 1 N–H and O–H groups in total. The zero-order valence-electron chi connectivity index (χ0n) is 19.8. The van der Waals surface area contributed by atoms with Crippen molar-refractivity contribution in [2.75, 3.05) is 13.7 Å². The zero-order chi connectivity index (χ0) is 24.1. The van der Waals surface area contributed by atoms with Gasteiger partial charge in [-0.25, -0.2) is 0 Å². The van der Waals surface area contributed by atoms with Crippen molar-refractivity contribution in [1.29, 1.82) is 0 Å². The summed E-state index contributed by atoms with van der Waals surface area (Å²) in [5, 5.41) is 1.12. The number of aromatic nitrogens is 1. The molecule has 0 spiro atoms. The minimum absolute atomic E-state index is 0.00469. The summed E-state index contributed by atoms with van der Waals surface area (Å²) in [6, 6.07) is 23.1. The van der Waals surface area contributed by atoms with E-state index in [0.717, 1.165) is 44.6 Å². The van der Waals surface area contributed by atoms with Gasteiger partial charge in [0.05, 0.1) is 13.2 Å². The van der Waals surface area contributed by atoms with Crippen molar-refractivity contribution < 1.29 is 14.3 Å². The minimum Gasteiger partial charge on any atom is -0.497 e. The first-order valence-corrected chi connectivity index (χ1v) is 11.9. The molecule has 0 aliphatic carbocycles. The van der Waals surface area contributed by atoms with Crippen molar-refractivity contribution in [1.82, 2.24) is 14.8 Å². The average Bonchev–Trinajstić information content (AvgIpc) is 3.25. The number of hydrogen-bond acceptors (Lipinski definition) is 3. The van der Waals surface area contributed by atoms with Gasteiger partial charge >= 0.3 is 0 Å². The van der Waals surface area contributed by atoms with E-state index in [9.17, 15) is 9.59 Å². The molecule has 2 atom stereocenters. The largest absolute Gasteiger partial charge is 0.497 e. The van der Waals surface area contributed by atoms with E-state index in [1.807, 2.05) is 53.4 Å². The first-order valence-electron chi connectivity index (χ1n) is 11.9. The van der Waals surface area contributed by atoms with E-state index >= 15 is 0 Å². The van der Waals surface area contributed by atoms with E-state index in [2.05, 4.69) is 36.2 Å². The number of amides is 2. The Labute approximate surface area is 204 Å². The molecule has 1 aromatic heterocycles. The molecule has 0 bridgehead atoms. The molecule has 3 heterocycles. The third-order valence-electron chi connectivity index (χ3n) is 7.36. The second-order valence-corrected chi connectivity index (χ2v) is 9.39. The molecule has 0 radical (unpaired) electrons. The first-order chi connectivity index (χ1) is 17.0. The van der Waals surface area contributed by atoms with Crippen molar-refractivity contribution in [3.63, 3.8) is 0 Å². The number of aromatic amines is 1. The van der Waals surface area contributed by atoms with Gasteiger partial charge in [0.1, 0.15) is 18.3 Å². The van der Waals surface area contributed by atoms with Crippen LogP contribution < -0.4 is 4.74 Å². The minimum atomic E-state index is -0.536. The second-order valence-electron chi connectivity index (χ2n) is 9.39. The molecule has 6 heteroatoms. The fourth-order valence-corrected chi connectivity index (χ4v) is 5.63. The number of fused-ring (bicyclic) bond motifs is 4. The van der Waals surface area contributed by atoms with Crippen LogP contribution in [0.5, 0.6) is 5.75 Å². The Morgan fingerprint density at radius 3 is 2.49 bits per heavy atom. The molecule has 6 nitrogen and oxygen atoms in total. The maximum absolute atomic E-state index is 13.9. The highest BCUT2D eigenvalue weighted by Gasteiger charge is 2.48. The SMILES string of the molecule is COc1ccc(CN2CC(=O)N3C(Cc4c([nH]c5ccccc45)C3c3ccccc3C)C2=O)cc1. The molecular formula is C29H27N3O3. The van der Waals surface area contributed by atoms with E-state index in [0.29, 0.717) is 13.0 Å². The van der Waals surface area contributed by atoms with Crippen LogP contribution in [0, 0.1) is 6.92 Å². The van der Waals surface area contributed by atoms with Crippen LogP contribution in [0.2, 0.25) is 0 Å². The fourth-order valence-electron chi connectivity index (χ4n) is 5.63. The summed E-state index contributed by atoms with van der Waals surface area (Å²) in [6.45, 7) is 2.53. The molecule has 0 saturated carbocycles. The average molecular weight is 466 g/mol. The summed E-state index contributed by atoms with van der Waals surface area (Å²) in [7, 11) is 1.63. The van der Waals surface area contributed by atoms with E-state index < -0.39 is 6.04 Å². The van der Waals surface area contributed by atoms with Gasteiger partial charge in [-0.05, 0) is 47.4 Å². The van der Waals surface area contributed by atoms with Crippen molar-refractivity contribution in [3.05, 3.63) is 101 Å². The Hall–Kier alpha value is -4.06. The fraction of sp³-hybridized carbons (Fsp3) is 0.241. The van der Waals surface area contributed by atoms with Gasteiger partial charge in [0.25, 0.3) is 0 Å². The number of methoxy groups -OCH3 is 1. The predicted molar refractivity (Wildman–Crippen MR) is 134 cm³/mol. The zero-order valence-corrected chi connectivity index (χ0v) is 19.8. The molecule has 6 rings (SSSR count). The van der Waals surface area contributed by atoms with Gasteiger partial charge in [0, 0.05) is 29.6 Å². The van der Waals surface area contributed by atoms with Crippen molar-refractivity contribution in [2.45, 2.75) is 32.0 Å². The molecule has 2 aliphatic heterocycles. The Kier molecular flexibility index (Phi) is 5.10. The summed E-state index contributed by atoms with van der Waals surface area (Å²) in [6.07, 6.45) is 0.505. The highest BCUT2D eigenvalue weighted by molar-refractivity contribution is 5.97. The van der Waals surface area contributed by atoms with Gasteiger partial charge in [-0.2, -0.15) is 0 Å². The van der Waals surface area contributed by atoms with Gasteiger partial charge in [-0.15, -0.1) is 0 Å². The Balaban J connectivity index is 1.43. The lowest BCUT2D eigenvalue weighted by atomic mass is 9.85. The van der Waals surface area contributed by atoms with Crippen LogP contribution in [0.25, 0.3) is 10.9 Å². The molecular weight excluding hydrogens is 438 g/mol. The maximum Gasteiger partial charge on any atom is 0.246 e. The molecule has 3 aromatic carbocycles. The molecule has 35 heavy (non-hydrogen) atoms. The number of nitrogens with zero attached hydrogens (tertiary/aromatic N) is 2. The van der Waals surface area contributed by atoms with E-state index in [-0.39, 0.29) is 24.4 Å². The molecule has 2 unspecified atom stereocenters. The molecule has 2 amide bonds. The quantitative estimate of drug-likeness (QED) is 0.487. The van der Waals surface area contributed by atoms with E-state index in [1.165, 1.54) is 0 Å². The lowest BCUT2D eigenvalue weighted by Gasteiger charge is -2.47. The van der Waals surface area contributed by atoms with Gasteiger partial charge in [-0.1, -0.05) is 54.6 Å². The van der Waals surface area contributed by atoms with Crippen LogP contribution in [0.4, 0.5) is 0 Å². The standard InChI is InChI=1S/C29H27N3O3/c1-18-7-3-4-8-21(18)28-27-23(22-9-5-6-10-24(22)30-27)15-25-29(34)31(17-26(33)32(25)28)16-19-11-13-20(35-2)14-12-19/h3-14,25,28,30H,15-17H2,1-2H3. The number of carbonyl (C=O) groups is 2. The van der Waals surface area contributed by atoms with Crippen molar-refractivity contribution in [3.8, 4) is 5.75 Å². The second kappa shape index (κ2) is 8.31. The number of piperazine rings is 1. The van der Waals surface area contributed by atoms with Crippen LogP contribution in [0.3, 0.4) is 0 Å². The van der Waals surface area contributed by atoms with Gasteiger partial charge in [0.15, 0.2) is 0 Å². The lowest BCUT2D eigenvalue weighted by Crippen LogP contribution is -2.62. The van der Waals surface area contributed by atoms with Gasteiger partial charge in [-0.3, -0.25) is 9.59 Å². The maximum atomic E-state index is 13.9. The molecule has 176 valence electrons. The van der Waals surface area contributed by atoms with E-state index in [1.54, 1.807) is 12.0 Å². The summed E-state index contributed by atoms with van der Waals surface area (Å²) in [5.41, 5.74) is 6.30. The number of para-hydroxylation sites is 1. The topological polar surface area (TPSA) is 65.6 Å². The van der Waals surface area contributed by atoms with Crippen molar-refractivity contribution in [2.24, 2.45) is 0 Å². The number of rotatable bonds is 4. The molecule has 2 aliphatic rings. The highest BCUT2D eigenvalue weighted by atomic mass is 16.5. The number of H-pyrrole nitrogens is 1. The Bertz CT molecular complexity index is 1440. The number of carbonyl (C=O) groups excluding carboxylic acids is 2. The van der Waals surface area contributed by atoms with Crippen molar-refractivity contribution >= 4 is 22.7 Å². The van der Waals surface area contributed by atoms with Gasteiger partial charge < -0.3 is 19.5 Å². The summed E-state index contributed by atoms with van der Waals surface area (Å²) in [4.78, 5) is 34.7. The summed E-state index contributed by atoms with van der Waals surface area (Å²) < 4.78 is 5.25. The number of aryl methyl sites for hydroxylation is 1. The first kappa shape index (κ1) is 21.5. The molecule has 1 saturated heterocycles. The van der Waals surface area contributed by atoms with Crippen LogP contribution in [-0.2, 0) is 22.6 Å². The van der Waals surface area contributed by atoms with Gasteiger partial charge in [0.2, 0.25) is 11.8 Å². The van der Waals surface area contributed by atoms with Crippen LogP contribution in [-0.4, -0.2) is 46.3 Å². The summed E-state index contributed by atoms with van der Waals surface area (Å²) in [5.74, 6) is 0.733. The summed E-state index contributed by atoms with van der Waals surface area (Å²) >= 11 is 0. The third kappa shape index (κ3) is 3.48. The van der Waals surface area contributed by atoms with Crippen LogP contribution in [0.15, 0.2) is 72.8 Å². The predicted octanol–water partition coefficient (Wildman–Crippen LogP) is 4.37. The van der Waals surface area contributed by atoms with Crippen LogP contribution >= 0.6 is 0 Å². The number of ether oxygens (including phenoxy) is 1. The lowest BCUT2D eigenvalue weighted by molar-refractivity contribution is -0.159. The number of benzene rings is 3. The van der Waals surface area contributed by atoms with E-state index in [4.69, 9.17) is 4.74 Å². The third-order valence-corrected chi connectivity index (χ3v) is 7.36. The smallest absolute Gasteiger partial charge is 0.246 e.